The molecule has 0 fully saturated rings. The Morgan fingerprint density at radius 1 is 1.45 bits per heavy atom. The second-order valence-corrected chi connectivity index (χ2v) is 5.37. The molecular formula is C14H16BrN3O2. The molecule has 1 heterocycles. The summed E-state index contributed by atoms with van der Waals surface area (Å²) in [7, 11) is 1.58. The monoisotopic (exact) mass is 337 g/mol. The first-order valence-corrected chi connectivity index (χ1v) is 6.93. The number of methoxy groups -OCH3 is 1. The molecule has 1 aromatic carbocycles. The van der Waals surface area contributed by atoms with E-state index in [9.17, 15) is 4.79 Å². The Labute approximate surface area is 126 Å². The van der Waals surface area contributed by atoms with Gasteiger partial charge in [0.15, 0.2) is 0 Å². The van der Waals surface area contributed by atoms with Gasteiger partial charge in [-0.2, -0.15) is 5.10 Å². The first-order valence-electron chi connectivity index (χ1n) is 6.13. The molecular weight excluding hydrogens is 322 g/mol. The fourth-order valence-corrected chi connectivity index (χ4v) is 2.15. The van der Waals surface area contributed by atoms with Crippen molar-refractivity contribution in [2.45, 2.75) is 20.4 Å². The van der Waals surface area contributed by atoms with E-state index in [1.54, 1.807) is 18.0 Å². The van der Waals surface area contributed by atoms with E-state index in [4.69, 9.17) is 4.74 Å². The van der Waals surface area contributed by atoms with Gasteiger partial charge in [-0.25, -0.2) is 0 Å². The predicted molar refractivity (Wildman–Crippen MR) is 81.0 cm³/mol. The van der Waals surface area contributed by atoms with Crippen molar-refractivity contribution in [3.05, 3.63) is 40.1 Å². The van der Waals surface area contributed by atoms with E-state index in [0.717, 1.165) is 15.7 Å². The van der Waals surface area contributed by atoms with Crippen LogP contribution in [0.4, 0.5) is 5.69 Å². The standard InChI is InChI=1S/C14H16BrN3O2/c1-9-4-5-13(20-3)12(6-9)16-14(19)8-18-7-11(15)10(2)17-18/h4-7H,8H2,1-3H3,(H,16,19). The van der Waals surface area contributed by atoms with Crippen LogP contribution >= 0.6 is 15.9 Å². The molecule has 1 amide bonds. The van der Waals surface area contributed by atoms with Gasteiger partial charge in [0.05, 0.1) is 23.0 Å². The smallest absolute Gasteiger partial charge is 0.246 e. The van der Waals surface area contributed by atoms with Gasteiger partial charge in [-0.3, -0.25) is 9.48 Å². The second-order valence-electron chi connectivity index (χ2n) is 4.51. The summed E-state index contributed by atoms with van der Waals surface area (Å²) in [5, 5.41) is 7.07. The molecule has 20 heavy (non-hydrogen) atoms. The predicted octanol–water partition coefficient (Wildman–Crippen LogP) is 2.91. The number of nitrogens with one attached hydrogen (secondary N) is 1. The molecule has 0 aliphatic rings. The number of hydrogen-bond acceptors (Lipinski definition) is 3. The molecule has 6 heteroatoms. The number of nitrogens with zero attached hydrogens (tertiary/aromatic N) is 2. The van der Waals surface area contributed by atoms with Crippen LogP contribution in [0.5, 0.6) is 5.75 Å². The van der Waals surface area contributed by atoms with Crippen LogP contribution < -0.4 is 10.1 Å². The Kier molecular flexibility index (Phi) is 4.44. The maximum Gasteiger partial charge on any atom is 0.246 e. The van der Waals surface area contributed by atoms with Gasteiger partial charge < -0.3 is 10.1 Å². The van der Waals surface area contributed by atoms with Gasteiger partial charge in [0, 0.05) is 6.20 Å². The van der Waals surface area contributed by atoms with Crippen LogP contribution in [0.2, 0.25) is 0 Å². The number of aryl methyl sites for hydroxylation is 2. The van der Waals surface area contributed by atoms with Gasteiger partial charge in [0.1, 0.15) is 12.3 Å². The van der Waals surface area contributed by atoms with Crippen molar-refractivity contribution in [1.29, 1.82) is 0 Å². The minimum atomic E-state index is -0.149. The Balaban J connectivity index is 2.10. The normalized spacial score (nSPS) is 10.4. The summed E-state index contributed by atoms with van der Waals surface area (Å²) >= 11 is 3.37. The van der Waals surface area contributed by atoms with E-state index in [-0.39, 0.29) is 12.5 Å². The lowest BCUT2D eigenvalue weighted by atomic mass is 10.2. The van der Waals surface area contributed by atoms with Crippen molar-refractivity contribution >= 4 is 27.5 Å². The van der Waals surface area contributed by atoms with Gasteiger partial charge >= 0.3 is 0 Å². The highest BCUT2D eigenvalue weighted by atomic mass is 79.9. The second kappa shape index (κ2) is 6.09. The Morgan fingerprint density at radius 2 is 2.20 bits per heavy atom. The van der Waals surface area contributed by atoms with Crippen molar-refractivity contribution in [1.82, 2.24) is 9.78 Å². The quantitative estimate of drug-likeness (QED) is 0.933. The number of aromatic nitrogens is 2. The number of amides is 1. The molecule has 0 bridgehead atoms. The highest BCUT2D eigenvalue weighted by Gasteiger charge is 2.10. The molecule has 2 rings (SSSR count). The summed E-state index contributed by atoms with van der Waals surface area (Å²) in [4.78, 5) is 12.0. The minimum absolute atomic E-state index is 0.149. The Hall–Kier alpha value is -1.82. The molecule has 0 saturated heterocycles. The van der Waals surface area contributed by atoms with Gasteiger partial charge in [-0.15, -0.1) is 0 Å². The van der Waals surface area contributed by atoms with Gasteiger partial charge in [-0.05, 0) is 47.5 Å². The summed E-state index contributed by atoms with van der Waals surface area (Å²) in [6, 6.07) is 5.64. The highest BCUT2D eigenvalue weighted by molar-refractivity contribution is 9.10. The van der Waals surface area contributed by atoms with E-state index < -0.39 is 0 Å². The number of anilines is 1. The van der Waals surface area contributed by atoms with Crippen molar-refractivity contribution in [3.63, 3.8) is 0 Å². The van der Waals surface area contributed by atoms with E-state index in [2.05, 4.69) is 26.3 Å². The molecule has 0 radical (unpaired) electrons. The van der Waals surface area contributed by atoms with E-state index in [0.29, 0.717) is 11.4 Å². The minimum Gasteiger partial charge on any atom is -0.495 e. The molecule has 1 N–H and O–H groups in total. The lowest BCUT2D eigenvalue weighted by molar-refractivity contribution is -0.116. The molecule has 5 nitrogen and oxygen atoms in total. The third-order valence-electron chi connectivity index (χ3n) is 2.82. The Morgan fingerprint density at radius 3 is 2.80 bits per heavy atom. The maximum atomic E-state index is 12.0. The van der Waals surface area contributed by atoms with Crippen LogP contribution in [-0.4, -0.2) is 22.8 Å². The average molecular weight is 338 g/mol. The summed E-state index contributed by atoms with van der Waals surface area (Å²) in [6.45, 7) is 3.99. The molecule has 0 atom stereocenters. The number of benzene rings is 1. The summed E-state index contributed by atoms with van der Waals surface area (Å²) in [5.41, 5.74) is 2.57. The van der Waals surface area contributed by atoms with Crippen LogP contribution in [0.3, 0.4) is 0 Å². The van der Waals surface area contributed by atoms with Crippen LogP contribution in [-0.2, 0) is 11.3 Å². The van der Waals surface area contributed by atoms with Crippen LogP contribution in [0.25, 0.3) is 0 Å². The number of carbonyl (C=O) groups excluding carboxylic acids is 1. The number of hydrogen-bond donors (Lipinski definition) is 1. The van der Waals surface area contributed by atoms with Crippen molar-refractivity contribution < 1.29 is 9.53 Å². The van der Waals surface area contributed by atoms with E-state index in [1.165, 1.54) is 0 Å². The third-order valence-corrected chi connectivity index (χ3v) is 3.60. The number of carbonyl (C=O) groups is 1. The van der Waals surface area contributed by atoms with Crippen molar-refractivity contribution in [2.24, 2.45) is 0 Å². The fourth-order valence-electron chi connectivity index (χ4n) is 1.83. The first kappa shape index (κ1) is 14.6. The Bertz CT molecular complexity index is 618. The molecule has 0 aliphatic carbocycles. The van der Waals surface area contributed by atoms with Crippen LogP contribution in [0.15, 0.2) is 28.9 Å². The SMILES string of the molecule is COc1ccc(C)cc1NC(=O)Cn1cc(Br)c(C)n1. The molecule has 0 aliphatic heterocycles. The zero-order chi connectivity index (χ0) is 14.7. The zero-order valence-corrected chi connectivity index (χ0v) is 13.2. The molecule has 2 aromatic rings. The summed E-state index contributed by atoms with van der Waals surface area (Å²) < 4.78 is 7.71. The van der Waals surface area contributed by atoms with Crippen molar-refractivity contribution in [3.8, 4) is 5.75 Å². The van der Waals surface area contributed by atoms with Gasteiger partial charge in [0.2, 0.25) is 5.91 Å². The number of halogens is 1. The maximum absolute atomic E-state index is 12.0. The molecule has 1 aromatic heterocycles. The fraction of sp³-hybridized carbons (Fsp3) is 0.286. The molecule has 0 spiro atoms. The van der Waals surface area contributed by atoms with Gasteiger partial charge in [0.25, 0.3) is 0 Å². The average Bonchev–Trinajstić information content (AvgIpc) is 2.68. The summed E-state index contributed by atoms with van der Waals surface area (Å²) in [5.74, 6) is 0.491. The number of rotatable bonds is 4. The van der Waals surface area contributed by atoms with E-state index in [1.807, 2.05) is 32.0 Å². The summed E-state index contributed by atoms with van der Waals surface area (Å²) in [6.07, 6.45) is 1.78. The van der Waals surface area contributed by atoms with Crippen LogP contribution in [0, 0.1) is 13.8 Å². The molecule has 106 valence electrons. The van der Waals surface area contributed by atoms with Crippen LogP contribution in [0.1, 0.15) is 11.3 Å². The zero-order valence-electron chi connectivity index (χ0n) is 11.6. The van der Waals surface area contributed by atoms with E-state index >= 15 is 0 Å². The first-order chi connectivity index (χ1) is 9.49. The largest absolute Gasteiger partial charge is 0.495 e. The van der Waals surface area contributed by atoms with Crippen molar-refractivity contribution in [2.75, 3.05) is 12.4 Å². The third kappa shape index (κ3) is 3.39. The lowest BCUT2D eigenvalue weighted by Crippen LogP contribution is -2.19. The lowest BCUT2D eigenvalue weighted by Gasteiger charge is -2.11. The molecule has 0 saturated carbocycles. The number of ether oxygens (including phenoxy) is 1. The van der Waals surface area contributed by atoms with Gasteiger partial charge in [-0.1, -0.05) is 6.07 Å². The topological polar surface area (TPSA) is 56.1 Å². The molecule has 0 unspecified atom stereocenters. The highest BCUT2D eigenvalue weighted by Crippen LogP contribution is 2.25.